The minimum atomic E-state index is -0.711. The third kappa shape index (κ3) is 7.78. The van der Waals surface area contributed by atoms with Crippen molar-refractivity contribution >= 4 is 5.97 Å². The van der Waals surface area contributed by atoms with Gasteiger partial charge in [-0.25, -0.2) is 0 Å². The predicted molar refractivity (Wildman–Crippen MR) is 53.8 cm³/mol. The number of carboxylic acids is 1. The lowest BCUT2D eigenvalue weighted by Crippen LogP contribution is -2.30. The molecule has 0 heterocycles. The number of aliphatic carboxylic acids is 1. The van der Waals surface area contributed by atoms with E-state index in [0.29, 0.717) is 18.4 Å². The number of carboxylic acid groups (broad SMARTS) is 1. The summed E-state index contributed by atoms with van der Waals surface area (Å²) in [5.41, 5.74) is 0. The van der Waals surface area contributed by atoms with Gasteiger partial charge in [-0.1, -0.05) is 20.3 Å². The maximum atomic E-state index is 10.3. The van der Waals surface area contributed by atoms with E-state index in [1.807, 2.05) is 6.92 Å². The van der Waals surface area contributed by atoms with Crippen molar-refractivity contribution in [2.45, 2.75) is 46.1 Å². The Balaban J connectivity index is 3.39. The highest BCUT2D eigenvalue weighted by Gasteiger charge is 2.05. The molecule has 3 nitrogen and oxygen atoms in total. The summed E-state index contributed by atoms with van der Waals surface area (Å²) in [6, 6.07) is 0.310. The second kappa shape index (κ2) is 6.89. The van der Waals surface area contributed by atoms with E-state index in [-0.39, 0.29) is 6.42 Å². The second-order valence-corrected chi connectivity index (χ2v) is 3.76. The second-order valence-electron chi connectivity index (χ2n) is 3.76. The van der Waals surface area contributed by atoms with Gasteiger partial charge in [0.15, 0.2) is 0 Å². The Morgan fingerprint density at radius 2 is 2.08 bits per heavy atom. The molecule has 0 aromatic carbocycles. The highest BCUT2D eigenvalue weighted by molar-refractivity contribution is 5.66. The minimum absolute atomic E-state index is 0.259. The fourth-order valence-electron chi connectivity index (χ4n) is 0.989. The number of carbonyl (C=O) groups is 1. The van der Waals surface area contributed by atoms with Crippen molar-refractivity contribution in [2.75, 3.05) is 6.54 Å². The molecule has 2 unspecified atom stereocenters. The first-order chi connectivity index (χ1) is 6.06. The van der Waals surface area contributed by atoms with Crippen molar-refractivity contribution in [2.24, 2.45) is 5.92 Å². The molecule has 0 saturated carbocycles. The topological polar surface area (TPSA) is 49.3 Å². The lowest BCUT2D eigenvalue weighted by Gasteiger charge is -2.15. The van der Waals surface area contributed by atoms with Crippen molar-refractivity contribution in [1.82, 2.24) is 5.32 Å². The van der Waals surface area contributed by atoms with Gasteiger partial charge in [0.2, 0.25) is 0 Å². The van der Waals surface area contributed by atoms with Gasteiger partial charge in [-0.05, 0) is 25.8 Å². The summed E-state index contributed by atoms with van der Waals surface area (Å²) < 4.78 is 0. The Hall–Kier alpha value is -0.570. The Morgan fingerprint density at radius 1 is 1.46 bits per heavy atom. The molecule has 2 atom stereocenters. The van der Waals surface area contributed by atoms with Crippen LogP contribution >= 0.6 is 0 Å². The molecule has 0 aromatic heterocycles. The largest absolute Gasteiger partial charge is 0.481 e. The quantitative estimate of drug-likeness (QED) is 0.639. The fourth-order valence-corrected chi connectivity index (χ4v) is 0.989. The van der Waals surface area contributed by atoms with Gasteiger partial charge in [0, 0.05) is 12.5 Å². The maximum Gasteiger partial charge on any atom is 0.303 e. The van der Waals surface area contributed by atoms with Gasteiger partial charge in [-0.2, -0.15) is 0 Å². The number of nitrogens with one attached hydrogen (secondary N) is 1. The average molecular weight is 187 g/mol. The van der Waals surface area contributed by atoms with Crippen LogP contribution in [0.1, 0.15) is 40.0 Å². The molecule has 0 spiro atoms. The van der Waals surface area contributed by atoms with Gasteiger partial charge < -0.3 is 10.4 Å². The molecule has 3 heteroatoms. The summed E-state index contributed by atoms with van der Waals surface area (Å²) in [5, 5.41) is 11.8. The Bertz CT molecular complexity index is 148. The van der Waals surface area contributed by atoms with Crippen molar-refractivity contribution < 1.29 is 9.90 Å². The van der Waals surface area contributed by atoms with E-state index < -0.39 is 5.97 Å². The van der Waals surface area contributed by atoms with Crippen LogP contribution in [0.25, 0.3) is 0 Å². The summed E-state index contributed by atoms with van der Waals surface area (Å²) in [5.74, 6) is -0.0375. The van der Waals surface area contributed by atoms with Crippen LogP contribution in [0.15, 0.2) is 0 Å². The van der Waals surface area contributed by atoms with Crippen LogP contribution in [0.3, 0.4) is 0 Å². The van der Waals surface area contributed by atoms with E-state index in [2.05, 4.69) is 19.2 Å². The van der Waals surface area contributed by atoms with Crippen LogP contribution in [0.2, 0.25) is 0 Å². The van der Waals surface area contributed by atoms with Gasteiger partial charge in [0.25, 0.3) is 0 Å². The molecule has 0 saturated heterocycles. The highest BCUT2D eigenvalue weighted by Crippen LogP contribution is 2.01. The monoisotopic (exact) mass is 187 g/mol. The molecule has 0 aliphatic carbocycles. The fraction of sp³-hybridized carbons (Fsp3) is 0.900. The standard InChI is InChI=1S/C10H21NO2/c1-4-8(2)7-11-9(3)5-6-10(12)13/h8-9,11H,4-7H2,1-3H3,(H,12,13). The van der Waals surface area contributed by atoms with Crippen molar-refractivity contribution in [3.63, 3.8) is 0 Å². The van der Waals surface area contributed by atoms with Crippen molar-refractivity contribution in [1.29, 1.82) is 0 Å². The first-order valence-electron chi connectivity index (χ1n) is 5.01. The normalized spacial score (nSPS) is 15.3. The average Bonchev–Trinajstić information content (AvgIpc) is 2.10. The third-order valence-electron chi connectivity index (χ3n) is 2.30. The zero-order valence-electron chi connectivity index (χ0n) is 8.84. The lowest BCUT2D eigenvalue weighted by atomic mass is 10.1. The predicted octanol–water partition coefficient (Wildman–Crippen LogP) is 1.88. The van der Waals surface area contributed by atoms with E-state index in [4.69, 9.17) is 5.11 Å². The van der Waals surface area contributed by atoms with Gasteiger partial charge in [0.05, 0.1) is 0 Å². The smallest absolute Gasteiger partial charge is 0.303 e. The Kier molecular flexibility index (Phi) is 6.59. The first-order valence-corrected chi connectivity index (χ1v) is 5.01. The summed E-state index contributed by atoms with van der Waals surface area (Å²) in [6.07, 6.45) is 2.14. The van der Waals surface area contributed by atoms with E-state index in [0.717, 1.165) is 6.54 Å². The number of hydrogen-bond acceptors (Lipinski definition) is 2. The molecule has 0 aliphatic heterocycles. The Morgan fingerprint density at radius 3 is 2.54 bits per heavy atom. The number of rotatable bonds is 7. The van der Waals surface area contributed by atoms with Gasteiger partial charge in [0.1, 0.15) is 0 Å². The molecule has 0 amide bonds. The zero-order chi connectivity index (χ0) is 10.3. The lowest BCUT2D eigenvalue weighted by molar-refractivity contribution is -0.137. The molecule has 2 N–H and O–H groups in total. The van der Waals surface area contributed by atoms with E-state index in [1.54, 1.807) is 0 Å². The Labute approximate surface area is 80.5 Å². The van der Waals surface area contributed by atoms with Gasteiger partial charge >= 0.3 is 5.97 Å². The zero-order valence-corrected chi connectivity index (χ0v) is 8.84. The molecule has 0 aromatic rings. The van der Waals surface area contributed by atoms with E-state index >= 15 is 0 Å². The summed E-state index contributed by atoms with van der Waals surface area (Å²) in [7, 11) is 0. The molecule has 0 rings (SSSR count). The summed E-state index contributed by atoms with van der Waals surface area (Å²) in [4.78, 5) is 10.3. The molecule has 0 aliphatic rings. The van der Waals surface area contributed by atoms with Crippen LogP contribution in [-0.2, 0) is 4.79 Å². The minimum Gasteiger partial charge on any atom is -0.481 e. The van der Waals surface area contributed by atoms with Gasteiger partial charge in [-0.3, -0.25) is 4.79 Å². The molecule has 78 valence electrons. The van der Waals surface area contributed by atoms with Crippen LogP contribution in [0.4, 0.5) is 0 Å². The third-order valence-corrected chi connectivity index (χ3v) is 2.30. The molecule has 0 radical (unpaired) electrons. The van der Waals surface area contributed by atoms with Crippen LogP contribution in [0.5, 0.6) is 0 Å². The van der Waals surface area contributed by atoms with E-state index in [1.165, 1.54) is 6.42 Å². The molecular weight excluding hydrogens is 166 g/mol. The van der Waals surface area contributed by atoms with Gasteiger partial charge in [-0.15, -0.1) is 0 Å². The molecule has 0 bridgehead atoms. The molecular formula is C10H21NO2. The van der Waals surface area contributed by atoms with Crippen molar-refractivity contribution in [3.8, 4) is 0 Å². The van der Waals surface area contributed by atoms with Crippen LogP contribution in [-0.4, -0.2) is 23.7 Å². The summed E-state index contributed by atoms with van der Waals surface area (Å²) in [6.45, 7) is 7.37. The van der Waals surface area contributed by atoms with Crippen LogP contribution in [0, 0.1) is 5.92 Å². The molecule has 0 fully saturated rings. The molecule has 13 heavy (non-hydrogen) atoms. The first kappa shape index (κ1) is 12.4. The SMILES string of the molecule is CCC(C)CNC(C)CCC(=O)O. The van der Waals surface area contributed by atoms with Crippen LogP contribution < -0.4 is 5.32 Å². The van der Waals surface area contributed by atoms with E-state index in [9.17, 15) is 4.79 Å². The maximum absolute atomic E-state index is 10.3. The highest BCUT2D eigenvalue weighted by atomic mass is 16.4. The van der Waals surface area contributed by atoms with Crippen molar-refractivity contribution in [3.05, 3.63) is 0 Å². The summed E-state index contributed by atoms with van der Waals surface area (Å²) >= 11 is 0. The number of hydrogen-bond donors (Lipinski definition) is 2.